The predicted octanol–water partition coefficient (Wildman–Crippen LogP) is 0.345. The molecule has 0 bridgehead atoms. The first-order valence-corrected chi connectivity index (χ1v) is 6.57. The van der Waals surface area contributed by atoms with Crippen molar-refractivity contribution in [2.24, 2.45) is 10.7 Å². The van der Waals surface area contributed by atoms with Crippen LogP contribution >= 0.6 is 0 Å². The summed E-state index contributed by atoms with van der Waals surface area (Å²) in [5.74, 6) is 0.697. The van der Waals surface area contributed by atoms with Gasteiger partial charge in [0.05, 0.1) is 18.2 Å². The van der Waals surface area contributed by atoms with Crippen molar-refractivity contribution in [3.8, 4) is 0 Å². The molecule has 96 valence electrons. The molecule has 1 unspecified atom stereocenters. The Hall–Kier alpha value is -0.810. The molecule has 0 aliphatic carbocycles. The quantitative estimate of drug-likeness (QED) is 0.755. The van der Waals surface area contributed by atoms with Crippen LogP contribution in [0.25, 0.3) is 0 Å². The van der Waals surface area contributed by atoms with E-state index in [-0.39, 0.29) is 5.54 Å². The lowest BCUT2D eigenvalue weighted by Crippen LogP contribution is -2.56. The van der Waals surface area contributed by atoms with E-state index in [1.54, 1.807) is 0 Å². The van der Waals surface area contributed by atoms with Crippen LogP contribution < -0.4 is 5.73 Å². The van der Waals surface area contributed by atoms with Gasteiger partial charge in [0.2, 0.25) is 0 Å². The van der Waals surface area contributed by atoms with E-state index < -0.39 is 0 Å². The molecule has 2 saturated heterocycles. The smallest absolute Gasteiger partial charge is 0.191 e. The van der Waals surface area contributed by atoms with Crippen molar-refractivity contribution < 1.29 is 9.47 Å². The van der Waals surface area contributed by atoms with Gasteiger partial charge in [0.1, 0.15) is 0 Å². The van der Waals surface area contributed by atoms with Gasteiger partial charge in [-0.15, -0.1) is 0 Å². The molecule has 5 nitrogen and oxygen atoms in total. The van der Waals surface area contributed by atoms with Crippen LogP contribution in [-0.2, 0) is 9.47 Å². The van der Waals surface area contributed by atoms with Crippen LogP contribution in [0.4, 0.5) is 0 Å². The van der Waals surface area contributed by atoms with Crippen LogP contribution in [0.15, 0.2) is 4.99 Å². The van der Waals surface area contributed by atoms with Crippen LogP contribution in [0.5, 0.6) is 0 Å². The predicted molar refractivity (Wildman–Crippen MR) is 65.0 cm³/mol. The number of hydrogen-bond donors (Lipinski definition) is 1. The largest absolute Gasteiger partial charge is 0.381 e. The van der Waals surface area contributed by atoms with Gasteiger partial charge in [0.25, 0.3) is 0 Å². The molecule has 17 heavy (non-hydrogen) atoms. The molecule has 1 atom stereocenters. The van der Waals surface area contributed by atoms with Crippen LogP contribution in [0.3, 0.4) is 0 Å². The average Bonchev–Trinajstić information content (AvgIpc) is 2.95. The van der Waals surface area contributed by atoms with E-state index in [0.717, 1.165) is 52.2 Å². The Kier molecular flexibility index (Phi) is 2.96. The first kappa shape index (κ1) is 11.3. The van der Waals surface area contributed by atoms with Crippen molar-refractivity contribution >= 4 is 5.96 Å². The molecule has 0 amide bonds. The lowest BCUT2D eigenvalue weighted by atomic mass is 9.89. The summed E-state index contributed by atoms with van der Waals surface area (Å²) in [7, 11) is 0. The molecule has 3 aliphatic heterocycles. The molecule has 0 aromatic heterocycles. The van der Waals surface area contributed by atoms with Gasteiger partial charge < -0.3 is 20.1 Å². The van der Waals surface area contributed by atoms with Gasteiger partial charge in [0, 0.05) is 26.4 Å². The number of hydrogen-bond acceptors (Lipinski definition) is 5. The molecule has 5 heteroatoms. The molecule has 3 rings (SSSR count). The summed E-state index contributed by atoms with van der Waals surface area (Å²) in [5.41, 5.74) is 6.16. The second kappa shape index (κ2) is 4.46. The van der Waals surface area contributed by atoms with Crippen molar-refractivity contribution in [3.05, 3.63) is 0 Å². The summed E-state index contributed by atoms with van der Waals surface area (Å²) in [6, 6.07) is 0. The molecular formula is C12H21N3O2. The average molecular weight is 239 g/mol. The Morgan fingerprint density at radius 2 is 2.18 bits per heavy atom. The summed E-state index contributed by atoms with van der Waals surface area (Å²) in [4.78, 5) is 6.73. The zero-order chi connectivity index (χ0) is 11.7. The first-order valence-electron chi connectivity index (χ1n) is 6.57. The minimum atomic E-state index is 0.119. The van der Waals surface area contributed by atoms with E-state index in [1.807, 2.05) is 0 Å². The summed E-state index contributed by atoms with van der Waals surface area (Å²) in [6.07, 6.45) is 4.72. The fourth-order valence-corrected chi connectivity index (χ4v) is 3.10. The number of nitrogens with zero attached hydrogens (tertiary/aromatic N) is 2. The van der Waals surface area contributed by atoms with Gasteiger partial charge >= 0.3 is 0 Å². The molecule has 2 N–H and O–H groups in total. The van der Waals surface area contributed by atoms with Gasteiger partial charge in [-0.2, -0.15) is 0 Å². The second-order valence-corrected chi connectivity index (χ2v) is 5.26. The van der Waals surface area contributed by atoms with Gasteiger partial charge in [-0.05, 0) is 25.7 Å². The minimum Gasteiger partial charge on any atom is -0.381 e. The van der Waals surface area contributed by atoms with Crippen molar-refractivity contribution in [1.82, 2.24) is 4.90 Å². The summed E-state index contributed by atoms with van der Waals surface area (Å²) >= 11 is 0. The molecule has 1 spiro atoms. The van der Waals surface area contributed by atoms with E-state index in [0.29, 0.717) is 12.1 Å². The zero-order valence-electron chi connectivity index (χ0n) is 10.2. The Balaban J connectivity index is 1.71. The standard InChI is InChI=1S/C12H21N3O2/c13-11-14-9-12(3-6-16-7-4-12)15(11)8-10-2-1-5-17-10/h10H,1-9H2,(H2,13,14). The fourth-order valence-electron chi connectivity index (χ4n) is 3.10. The molecule has 0 saturated carbocycles. The lowest BCUT2D eigenvalue weighted by molar-refractivity contribution is -0.00579. The molecule has 0 aromatic rings. The highest BCUT2D eigenvalue weighted by molar-refractivity contribution is 5.81. The molecule has 0 aromatic carbocycles. The summed E-state index contributed by atoms with van der Waals surface area (Å²) in [5, 5.41) is 0. The van der Waals surface area contributed by atoms with Crippen LogP contribution in [-0.4, -0.2) is 55.4 Å². The third kappa shape index (κ3) is 2.02. The highest BCUT2D eigenvalue weighted by Gasteiger charge is 2.44. The van der Waals surface area contributed by atoms with Crippen molar-refractivity contribution in [1.29, 1.82) is 0 Å². The Bertz CT molecular complexity index is 307. The van der Waals surface area contributed by atoms with Crippen molar-refractivity contribution in [3.63, 3.8) is 0 Å². The molecule has 0 radical (unpaired) electrons. The number of aliphatic imine (C=N–C) groups is 1. The Labute approximate surface area is 102 Å². The summed E-state index contributed by atoms with van der Waals surface area (Å²) in [6.45, 7) is 4.27. The molecule has 3 aliphatic rings. The number of ether oxygens (including phenoxy) is 2. The molecule has 3 heterocycles. The third-order valence-corrected chi connectivity index (χ3v) is 4.22. The maximum Gasteiger partial charge on any atom is 0.191 e. The number of rotatable bonds is 2. The maximum absolute atomic E-state index is 6.04. The normalized spacial score (nSPS) is 32.1. The highest BCUT2D eigenvalue weighted by Crippen LogP contribution is 2.33. The first-order chi connectivity index (χ1) is 8.30. The third-order valence-electron chi connectivity index (χ3n) is 4.22. The van der Waals surface area contributed by atoms with E-state index in [1.165, 1.54) is 6.42 Å². The van der Waals surface area contributed by atoms with E-state index in [4.69, 9.17) is 15.2 Å². The second-order valence-electron chi connectivity index (χ2n) is 5.26. The number of guanidine groups is 1. The van der Waals surface area contributed by atoms with E-state index in [2.05, 4.69) is 9.89 Å². The molecule has 2 fully saturated rings. The SMILES string of the molecule is NC1=NCC2(CCOCC2)N1CC1CCCO1. The van der Waals surface area contributed by atoms with E-state index >= 15 is 0 Å². The Morgan fingerprint density at radius 3 is 2.88 bits per heavy atom. The van der Waals surface area contributed by atoms with Crippen molar-refractivity contribution in [2.75, 3.05) is 32.9 Å². The molecular weight excluding hydrogens is 218 g/mol. The highest BCUT2D eigenvalue weighted by atomic mass is 16.5. The van der Waals surface area contributed by atoms with Crippen LogP contribution in [0.2, 0.25) is 0 Å². The van der Waals surface area contributed by atoms with Crippen molar-refractivity contribution in [2.45, 2.75) is 37.3 Å². The van der Waals surface area contributed by atoms with Gasteiger partial charge in [-0.25, -0.2) is 0 Å². The van der Waals surface area contributed by atoms with Crippen LogP contribution in [0, 0.1) is 0 Å². The zero-order valence-corrected chi connectivity index (χ0v) is 10.2. The van der Waals surface area contributed by atoms with Crippen LogP contribution in [0.1, 0.15) is 25.7 Å². The maximum atomic E-state index is 6.04. The monoisotopic (exact) mass is 239 g/mol. The minimum absolute atomic E-state index is 0.119. The summed E-state index contributed by atoms with van der Waals surface area (Å²) < 4.78 is 11.2. The Morgan fingerprint density at radius 1 is 1.35 bits per heavy atom. The van der Waals surface area contributed by atoms with Gasteiger partial charge in [0.15, 0.2) is 5.96 Å². The fraction of sp³-hybridized carbons (Fsp3) is 0.917. The topological polar surface area (TPSA) is 60.1 Å². The van der Waals surface area contributed by atoms with E-state index in [9.17, 15) is 0 Å². The lowest BCUT2D eigenvalue weighted by Gasteiger charge is -2.42. The van der Waals surface area contributed by atoms with Gasteiger partial charge in [-0.1, -0.05) is 0 Å². The number of nitrogens with two attached hydrogens (primary N) is 1. The van der Waals surface area contributed by atoms with Gasteiger partial charge in [-0.3, -0.25) is 4.99 Å².